The minimum absolute atomic E-state index is 0.0509. The van der Waals surface area contributed by atoms with Crippen LogP contribution in [0, 0.1) is 17.8 Å². The topological polar surface area (TPSA) is 37.3 Å². The summed E-state index contributed by atoms with van der Waals surface area (Å²) in [6.45, 7) is 0.164. The normalized spacial score (nSPS) is 43.3. The molecule has 3 atom stereocenters. The van der Waals surface area contributed by atoms with Gasteiger partial charge in [0, 0.05) is 18.4 Å². The van der Waals surface area contributed by atoms with Crippen molar-refractivity contribution in [3.05, 3.63) is 12.2 Å². The van der Waals surface area contributed by atoms with Gasteiger partial charge in [0.2, 0.25) is 0 Å². The first-order valence-corrected chi connectivity index (χ1v) is 3.66. The third-order valence-electron chi connectivity index (χ3n) is 2.54. The van der Waals surface area contributed by atoms with Crippen molar-refractivity contribution in [2.24, 2.45) is 17.8 Å². The average molecular weight is 138 g/mol. The molecule has 3 unspecified atom stereocenters. The van der Waals surface area contributed by atoms with Crippen molar-refractivity contribution in [3.8, 4) is 0 Å². The Bertz CT molecular complexity index is 195. The molecular weight excluding hydrogens is 128 g/mol. The van der Waals surface area contributed by atoms with E-state index in [1.54, 1.807) is 0 Å². The van der Waals surface area contributed by atoms with Gasteiger partial charge in [-0.2, -0.15) is 0 Å². The second-order valence-electron chi connectivity index (χ2n) is 3.10. The molecule has 2 heteroatoms. The molecule has 54 valence electrons. The van der Waals surface area contributed by atoms with E-state index in [9.17, 15) is 4.79 Å². The Balaban J connectivity index is 2.23. The molecular formula is C8H10O2. The number of hydrogen-bond donors (Lipinski definition) is 1. The van der Waals surface area contributed by atoms with Gasteiger partial charge in [-0.25, -0.2) is 0 Å². The smallest absolute Gasteiger partial charge is 0.146 e. The second kappa shape index (κ2) is 1.92. The van der Waals surface area contributed by atoms with Gasteiger partial charge in [0.1, 0.15) is 5.78 Å². The Morgan fingerprint density at radius 3 is 2.70 bits per heavy atom. The van der Waals surface area contributed by atoms with Crippen molar-refractivity contribution in [1.29, 1.82) is 0 Å². The number of hydrogen-bond acceptors (Lipinski definition) is 2. The lowest BCUT2D eigenvalue weighted by molar-refractivity contribution is -0.121. The molecule has 0 amide bonds. The number of aliphatic hydroxyl groups excluding tert-OH is 1. The summed E-state index contributed by atoms with van der Waals surface area (Å²) in [5.74, 6) is 0.735. The van der Waals surface area contributed by atoms with Crippen molar-refractivity contribution >= 4 is 5.78 Å². The van der Waals surface area contributed by atoms with E-state index in [1.165, 1.54) is 0 Å². The predicted molar refractivity (Wildman–Crippen MR) is 36.3 cm³/mol. The summed E-state index contributed by atoms with van der Waals surface area (Å²) in [7, 11) is 0. The van der Waals surface area contributed by atoms with Gasteiger partial charge in [-0.1, -0.05) is 12.2 Å². The van der Waals surface area contributed by atoms with Crippen LogP contribution >= 0.6 is 0 Å². The number of rotatable bonds is 1. The third kappa shape index (κ3) is 0.598. The molecule has 10 heavy (non-hydrogen) atoms. The van der Waals surface area contributed by atoms with Crippen LogP contribution < -0.4 is 0 Å². The number of aliphatic hydroxyl groups is 1. The molecule has 0 aliphatic heterocycles. The lowest BCUT2D eigenvalue weighted by atomic mass is 9.95. The van der Waals surface area contributed by atoms with Crippen molar-refractivity contribution in [1.82, 2.24) is 0 Å². The molecule has 0 spiro atoms. The largest absolute Gasteiger partial charge is 0.396 e. The summed E-state index contributed by atoms with van der Waals surface area (Å²) in [6.07, 6.45) is 4.78. The maximum absolute atomic E-state index is 11.2. The molecule has 1 fully saturated rings. The standard InChI is InChI=1S/C8H10O2/c9-4-6-3-5-1-2-7(6)8(5)10/h1-2,5-7,9H,3-4H2. The molecule has 2 nitrogen and oxygen atoms in total. The van der Waals surface area contributed by atoms with Crippen LogP contribution in [0.1, 0.15) is 6.42 Å². The summed E-state index contributed by atoms with van der Waals surface area (Å²) in [5, 5.41) is 8.82. The summed E-state index contributed by atoms with van der Waals surface area (Å²) >= 11 is 0. The van der Waals surface area contributed by atoms with E-state index in [2.05, 4.69) is 0 Å². The van der Waals surface area contributed by atoms with Gasteiger partial charge in [0.05, 0.1) is 0 Å². The van der Waals surface area contributed by atoms with E-state index in [1.807, 2.05) is 12.2 Å². The molecule has 2 aliphatic carbocycles. The quantitative estimate of drug-likeness (QED) is 0.531. The monoisotopic (exact) mass is 138 g/mol. The third-order valence-corrected chi connectivity index (χ3v) is 2.54. The molecule has 0 heterocycles. The minimum Gasteiger partial charge on any atom is -0.396 e. The highest BCUT2D eigenvalue weighted by Gasteiger charge is 2.42. The van der Waals surface area contributed by atoms with Crippen molar-refractivity contribution < 1.29 is 9.90 Å². The minimum atomic E-state index is 0.0509. The lowest BCUT2D eigenvalue weighted by Crippen LogP contribution is -2.13. The second-order valence-corrected chi connectivity index (χ2v) is 3.10. The first-order valence-electron chi connectivity index (χ1n) is 3.66. The highest BCUT2D eigenvalue weighted by Crippen LogP contribution is 2.39. The van der Waals surface area contributed by atoms with Crippen LogP contribution in [-0.4, -0.2) is 17.5 Å². The van der Waals surface area contributed by atoms with Crippen LogP contribution in [0.4, 0.5) is 0 Å². The number of fused-ring (bicyclic) bond motifs is 2. The van der Waals surface area contributed by atoms with Crippen LogP contribution in [0.2, 0.25) is 0 Å². The summed E-state index contributed by atoms with van der Waals surface area (Å²) in [5.41, 5.74) is 0. The molecule has 1 saturated carbocycles. The Labute approximate surface area is 59.5 Å². The highest BCUT2D eigenvalue weighted by molar-refractivity contribution is 5.91. The van der Waals surface area contributed by atoms with Gasteiger partial charge in [-0.05, 0) is 12.3 Å². The van der Waals surface area contributed by atoms with Crippen LogP contribution in [0.25, 0.3) is 0 Å². The number of carbonyl (C=O) groups is 1. The zero-order chi connectivity index (χ0) is 7.14. The van der Waals surface area contributed by atoms with Gasteiger partial charge in [-0.3, -0.25) is 4.79 Å². The Morgan fingerprint density at radius 1 is 1.60 bits per heavy atom. The maximum Gasteiger partial charge on any atom is 0.146 e. The molecule has 2 bridgehead atoms. The molecule has 2 rings (SSSR count). The van der Waals surface area contributed by atoms with Crippen molar-refractivity contribution in [2.45, 2.75) is 6.42 Å². The fourth-order valence-corrected chi connectivity index (χ4v) is 1.94. The van der Waals surface area contributed by atoms with Crippen LogP contribution in [0.15, 0.2) is 12.2 Å². The highest BCUT2D eigenvalue weighted by atomic mass is 16.3. The summed E-state index contributed by atoms with van der Waals surface area (Å²) < 4.78 is 0. The molecule has 0 saturated heterocycles. The van der Waals surface area contributed by atoms with Crippen LogP contribution in [0.5, 0.6) is 0 Å². The van der Waals surface area contributed by atoms with Crippen molar-refractivity contribution in [3.63, 3.8) is 0 Å². The van der Waals surface area contributed by atoms with Crippen LogP contribution in [-0.2, 0) is 4.79 Å². The van der Waals surface area contributed by atoms with E-state index in [-0.39, 0.29) is 24.4 Å². The summed E-state index contributed by atoms with van der Waals surface area (Å²) in [4.78, 5) is 11.2. The summed E-state index contributed by atoms with van der Waals surface area (Å²) in [6, 6.07) is 0. The number of carbonyl (C=O) groups excluding carboxylic acids is 1. The van der Waals surface area contributed by atoms with Gasteiger partial charge in [0.25, 0.3) is 0 Å². The van der Waals surface area contributed by atoms with E-state index in [0.717, 1.165) is 6.42 Å². The predicted octanol–water partition coefficient (Wildman–Crippen LogP) is 0.370. The Hall–Kier alpha value is -0.630. The van der Waals surface area contributed by atoms with Crippen molar-refractivity contribution in [2.75, 3.05) is 6.61 Å². The van der Waals surface area contributed by atoms with E-state index < -0.39 is 0 Å². The van der Waals surface area contributed by atoms with E-state index in [0.29, 0.717) is 5.78 Å². The van der Waals surface area contributed by atoms with Gasteiger partial charge < -0.3 is 5.11 Å². The maximum atomic E-state index is 11.2. The molecule has 1 N–H and O–H groups in total. The first-order chi connectivity index (χ1) is 4.83. The Kier molecular flexibility index (Phi) is 1.17. The molecule has 0 aromatic carbocycles. The number of Topliss-reactive ketones (excluding diaryl/α,β-unsaturated/α-hetero) is 1. The number of ketones is 1. The van der Waals surface area contributed by atoms with E-state index in [4.69, 9.17) is 5.11 Å². The molecule has 0 aromatic heterocycles. The van der Waals surface area contributed by atoms with E-state index >= 15 is 0 Å². The zero-order valence-corrected chi connectivity index (χ0v) is 5.66. The molecule has 0 aromatic rings. The number of allylic oxidation sites excluding steroid dienone is 2. The first kappa shape index (κ1) is 6.10. The van der Waals surface area contributed by atoms with Gasteiger partial charge in [0.15, 0.2) is 0 Å². The fraction of sp³-hybridized carbons (Fsp3) is 0.625. The lowest BCUT2D eigenvalue weighted by Gasteiger charge is -2.11. The SMILES string of the molecule is O=C1C2C=CC1C(CO)C2. The van der Waals surface area contributed by atoms with Gasteiger partial charge >= 0.3 is 0 Å². The Morgan fingerprint density at radius 2 is 2.40 bits per heavy atom. The molecule has 0 radical (unpaired) electrons. The average Bonchev–Trinajstić information content (AvgIpc) is 2.46. The zero-order valence-electron chi connectivity index (χ0n) is 5.66. The van der Waals surface area contributed by atoms with Gasteiger partial charge in [-0.15, -0.1) is 0 Å². The fourth-order valence-electron chi connectivity index (χ4n) is 1.94. The molecule has 2 aliphatic rings. The van der Waals surface area contributed by atoms with Crippen LogP contribution in [0.3, 0.4) is 0 Å².